The van der Waals surface area contributed by atoms with E-state index in [2.05, 4.69) is 43.3 Å². The summed E-state index contributed by atoms with van der Waals surface area (Å²) in [5.41, 5.74) is 2.27. The van der Waals surface area contributed by atoms with Crippen molar-refractivity contribution in [2.24, 2.45) is 7.05 Å². The highest BCUT2D eigenvalue weighted by Crippen LogP contribution is 2.24. The molecule has 2 aromatic heterocycles. The smallest absolute Gasteiger partial charge is 0.287 e. The van der Waals surface area contributed by atoms with Crippen molar-refractivity contribution >= 4 is 5.91 Å². The number of aromatic nitrogens is 2. The van der Waals surface area contributed by atoms with Crippen molar-refractivity contribution in [1.29, 1.82) is 0 Å². The van der Waals surface area contributed by atoms with E-state index < -0.39 is 0 Å². The minimum Gasteiger partial charge on any atom is -0.486 e. The fraction of sp³-hybridized carbons (Fsp3) is 0.333. The predicted molar refractivity (Wildman–Crippen MR) is 103 cm³/mol. The van der Waals surface area contributed by atoms with Gasteiger partial charge < -0.3 is 14.5 Å². The van der Waals surface area contributed by atoms with Gasteiger partial charge in [0.2, 0.25) is 0 Å². The Kier molecular flexibility index (Phi) is 5.35. The monoisotopic (exact) mass is 367 g/mol. The summed E-state index contributed by atoms with van der Waals surface area (Å²) < 4.78 is 13.1. The first-order chi connectivity index (χ1) is 12.8. The highest BCUT2D eigenvalue weighted by atomic mass is 16.5. The molecule has 3 rings (SSSR count). The van der Waals surface area contributed by atoms with Gasteiger partial charge >= 0.3 is 0 Å². The molecular formula is C21H25N3O3. The quantitative estimate of drug-likeness (QED) is 0.719. The average Bonchev–Trinajstić information content (AvgIpc) is 3.26. The standard InChI is InChI=1S/C21H25N3O3/c1-21(2,3)15-5-7-17(8-6-15)26-14-18-9-10-19(27-18)20(25)22-13-16-11-12-23-24(16)4/h5-12H,13-14H2,1-4H3,(H,22,25). The first kappa shape index (κ1) is 18.8. The number of ether oxygens (including phenoxy) is 1. The summed E-state index contributed by atoms with van der Waals surface area (Å²) in [6.07, 6.45) is 1.69. The van der Waals surface area contributed by atoms with Gasteiger partial charge in [0.05, 0.1) is 12.2 Å². The van der Waals surface area contributed by atoms with E-state index in [0.29, 0.717) is 12.3 Å². The molecule has 3 aromatic rings. The third-order valence-electron chi connectivity index (χ3n) is 4.34. The maximum atomic E-state index is 12.2. The molecule has 2 heterocycles. The molecule has 0 fully saturated rings. The van der Waals surface area contributed by atoms with E-state index >= 15 is 0 Å². The predicted octanol–water partition coefficient (Wildman–Crippen LogP) is 3.82. The summed E-state index contributed by atoms with van der Waals surface area (Å²) in [6.45, 7) is 7.18. The Hall–Kier alpha value is -3.02. The van der Waals surface area contributed by atoms with Gasteiger partial charge in [0.15, 0.2) is 5.76 Å². The van der Waals surface area contributed by atoms with Crippen molar-refractivity contribution in [3.8, 4) is 5.75 Å². The van der Waals surface area contributed by atoms with E-state index in [1.165, 1.54) is 5.56 Å². The third-order valence-corrected chi connectivity index (χ3v) is 4.34. The van der Waals surface area contributed by atoms with Crippen LogP contribution in [0.5, 0.6) is 5.75 Å². The molecule has 0 unspecified atom stereocenters. The molecule has 0 saturated carbocycles. The Balaban J connectivity index is 1.53. The number of hydrogen-bond donors (Lipinski definition) is 1. The minimum absolute atomic E-state index is 0.108. The normalized spacial score (nSPS) is 11.4. The summed E-state index contributed by atoms with van der Waals surface area (Å²) in [5.74, 6) is 1.36. The summed E-state index contributed by atoms with van der Waals surface area (Å²) >= 11 is 0. The van der Waals surface area contributed by atoms with E-state index in [4.69, 9.17) is 9.15 Å². The molecule has 1 N–H and O–H groups in total. The van der Waals surface area contributed by atoms with Crippen LogP contribution in [0.4, 0.5) is 0 Å². The topological polar surface area (TPSA) is 69.3 Å². The van der Waals surface area contributed by atoms with Crippen LogP contribution in [0.25, 0.3) is 0 Å². The van der Waals surface area contributed by atoms with Gasteiger partial charge in [0.25, 0.3) is 5.91 Å². The zero-order valence-electron chi connectivity index (χ0n) is 16.2. The number of nitrogens with zero attached hydrogens (tertiary/aromatic N) is 2. The molecule has 0 bridgehead atoms. The summed E-state index contributed by atoms with van der Waals surface area (Å²) in [6, 6.07) is 13.3. The summed E-state index contributed by atoms with van der Waals surface area (Å²) in [4.78, 5) is 12.2. The van der Waals surface area contributed by atoms with E-state index in [0.717, 1.165) is 11.4 Å². The first-order valence-corrected chi connectivity index (χ1v) is 8.90. The van der Waals surface area contributed by atoms with Gasteiger partial charge in [-0.05, 0) is 41.3 Å². The van der Waals surface area contributed by atoms with Gasteiger partial charge in [-0.15, -0.1) is 0 Å². The SMILES string of the molecule is Cn1nccc1CNC(=O)c1ccc(COc2ccc(C(C)(C)C)cc2)o1. The molecule has 142 valence electrons. The van der Waals surface area contributed by atoms with Crippen LogP contribution < -0.4 is 10.1 Å². The van der Waals surface area contributed by atoms with Gasteiger partial charge in [0.1, 0.15) is 18.1 Å². The summed E-state index contributed by atoms with van der Waals surface area (Å²) in [5, 5.41) is 6.88. The number of benzene rings is 1. The second-order valence-electron chi connectivity index (χ2n) is 7.46. The van der Waals surface area contributed by atoms with Crippen molar-refractivity contribution < 1.29 is 13.9 Å². The lowest BCUT2D eigenvalue weighted by atomic mass is 9.87. The van der Waals surface area contributed by atoms with Crippen molar-refractivity contribution in [3.63, 3.8) is 0 Å². The second-order valence-corrected chi connectivity index (χ2v) is 7.46. The van der Waals surface area contributed by atoms with Crippen LogP contribution in [0.1, 0.15) is 48.3 Å². The average molecular weight is 367 g/mol. The Morgan fingerprint density at radius 2 is 1.89 bits per heavy atom. The number of amides is 1. The Morgan fingerprint density at radius 3 is 2.52 bits per heavy atom. The number of hydrogen-bond acceptors (Lipinski definition) is 4. The van der Waals surface area contributed by atoms with Crippen LogP contribution in [0, 0.1) is 0 Å². The van der Waals surface area contributed by atoms with Crippen LogP contribution in [-0.4, -0.2) is 15.7 Å². The van der Waals surface area contributed by atoms with E-state index in [1.54, 1.807) is 23.0 Å². The van der Waals surface area contributed by atoms with Crippen molar-refractivity contribution in [2.45, 2.75) is 39.3 Å². The molecule has 1 amide bonds. The zero-order valence-corrected chi connectivity index (χ0v) is 16.2. The molecule has 0 aliphatic rings. The lowest BCUT2D eigenvalue weighted by molar-refractivity contribution is 0.0918. The third kappa shape index (κ3) is 4.78. The number of aryl methyl sites for hydroxylation is 1. The molecular weight excluding hydrogens is 342 g/mol. The van der Waals surface area contributed by atoms with Gasteiger partial charge in [-0.25, -0.2) is 0 Å². The van der Waals surface area contributed by atoms with E-state index in [1.807, 2.05) is 25.2 Å². The van der Waals surface area contributed by atoms with Crippen LogP contribution in [0.3, 0.4) is 0 Å². The lowest BCUT2D eigenvalue weighted by Crippen LogP contribution is -2.23. The fourth-order valence-corrected chi connectivity index (χ4v) is 2.62. The maximum Gasteiger partial charge on any atom is 0.287 e. The Morgan fingerprint density at radius 1 is 1.15 bits per heavy atom. The molecule has 27 heavy (non-hydrogen) atoms. The first-order valence-electron chi connectivity index (χ1n) is 8.90. The molecule has 1 aromatic carbocycles. The largest absolute Gasteiger partial charge is 0.486 e. The van der Waals surface area contributed by atoms with Gasteiger partial charge in [-0.2, -0.15) is 5.10 Å². The van der Waals surface area contributed by atoms with Crippen molar-refractivity contribution in [1.82, 2.24) is 15.1 Å². The van der Waals surface area contributed by atoms with Gasteiger partial charge in [-0.1, -0.05) is 32.9 Å². The van der Waals surface area contributed by atoms with Crippen molar-refractivity contribution in [2.75, 3.05) is 0 Å². The molecule has 0 saturated heterocycles. The molecule has 6 heteroatoms. The molecule has 0 aliphatic carbocycles. The minimum atomic E-state index is -0.267. The molecule has 0 aliphatic heterocycles. The van der Waals surface area contributed by atoms with Crippen LogP contribution in [0.2, 0.25) is 0 Å². The van der Waals surface area contributed by atoms with Crippen molar-refractivity contribution in [3.05, 3.63) is 71.4 Å². The van der Waals surface area contributed by atoms with E-state index in [-0.39, 0.29) is 23.7 Å². The van der Waals surface area contributed by atoms with Crippen LogP contribution >= 0.6 is 0 Å². The Labute approximate surface area is 159 Å². The van der Waals surface area contributed by atoms with E-state index in [9.17, 15) is 4.79 Å². The van der Waals surface area contributed by atoms with Gasteiger partial charge in [0, 0.05) is 13.2 Å². The summed E-state index contributed by atoms with van der Waals surface area (Å²) in [7, 11) is 1.83. The van der Waals surface area contributed by atoms with Crippen LogP contribution in [0.15, 0.2) is 53.1 Å². The second kappa shape index (κ2) is 7.70. The number of furan rings is 1. The number of rotatable bonds is 6. The number of carbonyl (C=O) groups excluding carboxylic acids is 1. The highest BCUT2D eigenvalue weighted by Gasteiger charge is 2.14. The molecule has 0 radical (unpaired) electrons. The molecule has 0 spiro atoms. The zero-order chi connectivity index (χ0) is 19.4. The fourth-order valence-electron chi connectivity index (χ4n) is 2.62. The lowest BCUT2D eigenvalue weighted by Gasteiger charge is -2.19. The Bertz CT molecular complexity index is 901. The van der Waals surface area contributed by atoms with Gasteiger partial charge in [-0.3, -0.25) is 9.48 Å². The maximum absolute atomic E-state index is 12.2. The molecule has 0 atom stereocenters. The number of carbonyl (C=O) groups is 1. The molecule has 6 nitrogen and oxygen atoms in total. The van der Waals surface area contributed by atoms with Crippen LogP contribution in [-0.2, 0) is 25.6 Å². The highest BCUT2D eigenvalue weighted by molar-refractivity contribution is 5.91. The number of nitrogens with one attached hydrogen (secondary N) is 1.